The van der Waals surface area contributed by atoms with Crippen molar-refractivity contribution in [3.8, 4) is 17.2 Å². The molecule has 0 saturated carbocycles. The fourth-order valence-electron chi connectivity index (χ4n) is 3.76. The maximum atomic E-state index is 9.73. The first kappa shape index (κ1) is 15.4. The van der Waals surface area contributed by atoms with Crippen LogP contribution in [-0.4, -0.2) is 17.3 Å². The van der Waals surface area contributed by atoms with Gasteiger partial charge in [-0.3, -0.25) is 0 Å². The van der Waals surface area contributed by atoms with Gasteiger partial charge in [0.2, 0.25) is 0 Å². The summed E-state index contributed by atoms with van der Waals surface area (Å²) >= 11 is 0. The molecule has 0 aliphatic carbocycles. The van der Waals surface area contributed by atoms with Crippen LogP contribution in [0.4, 0.5) is 0 Å². The van der Waals surface area contributed by atoms with Crippen LogP contribution in [0.25, 0.3) is 0 Å². The topological polar surface area (TPSA) is 38.7 Å². The molecular formula is C21H24O3. The van der Waals surface area contributed by atoms with Gasteiger partial charge in [-0.2, -0.15) is 0 Å². The van der Waals surface area contributed by atoms with E-state index in [1.807, 2.05) is 13.0 Å². The number of phenols is 1. The molecule has 1 N–H and O–H groups in total. The lowest BCUT2D eigenvalue weighted by molar-refractivity contribution is 0.0827. The zero-order valence-electron chi connectivity index (χ0n) is 14.6. The number of aryl methyl sites for hydroxylation is 1. The van der Waals surface area contributed by atoms with E-state index in [4.69, 9.17) is 9.47 Å². The lowest BCUT2D eigenvalue weighted by Crippen LogP contribution is -2.33. The molecule has 4 rings (SSSR count). The minimum atomic E-state index is -0.0952. The molecule has 2 aromatic carbocycles. The first-order valence-corrected chi connectivity index (χ1v) is 8.69. The van der Waals surface area contributed by atoms with Gasteiger partial charge in [-0.15, -0.1) is 0 Å². The summed E-state index contributed by atoms with van der Waals surface area (Å²) in [5.41, 5.74) is 4.54. The van der Waals surface area contributed by atoms with E-state index in [1.54, 1.807) is 6.07 Å². The fourth-order valence-corrected chi connectivity index (χ4v) is 3.76. The van der Waals surface area contributed by atoms with E-state index in [0.29, 0.717) is 18.3 Å². The normalized spacial score (nSPS) is 21.2. The van der Waals surface area contributed by atoms with Crippen LogP contribution in [0.5, 0.6) is 17.2 Å². The van der Waals surface area contributed by atoms with Crippen molar-refractivity contribution in [1.29, 1.82) is 0 Å². The van der Waals surface area contributed by atoms with E-state index in [9.17, 15) is 5.11 Å². The number of rotatable bonds is 1. The number of ether oxygens (including phenoxy) is 2. The molecule has 2 aliphatic heterocycles. The third-order valence-electron chi connectivity index (χ3n) is 5.25. The Morgan fingerprint density at radius 3 is 2.79 bits per heavy atom. The Labute approximate surface area is 143 Å². The molecule has 0 aromatic heterocycles. The maximum Gasteiger partial charge on any atom is 0.129 e. The Hall–Kier alpha value is -2.16. The molecule has 0 amide bonds. The first-order chi connectivity index (χ1) is 11.4. The molecule has 0 saturated heterocycles. The van der Waals surface area contributed by atoms with Crippen LogP contribution in [0.2, 0.25) is 0 Å². The Morgan fingerprint density at radius 2 is 2.00 bits per heavy atom. The van der Waals surface area contributed by atoms with Crippen molar-refractivity contribution in [3.05, 3.63) is 52.6 Å². The molecule has 24 heavy (non-hydrogen) atoms. The number of fused-ring (bicyclic) bond motifs is 3. The zero-order valence-corrected chi connectivity index (χ0v) is 14.6. The standard InChI is InChI=1S/C21H24O3/c1-13-10-14(4-6-18(13)22)16-11-15-5-7-19-17(20(15)23-12-16)8-9-21(2,3)24-19/h4-7,10,16,22H,8-9,11-12H2,1-3H3. The van der Waals surface area contributed by atoms with Crippen molar-refractivity contribution in [2.24, 2.45) is 0 Å². The first-order valence-electron chi connectivity index (χ1n) is 8.69. The third kappa shape index (κ3) is 2.62. The second-order valence-electron chi connectivity index (χ2n) is 7.65. The Bertz CT molecular complexity index is 792. The second kappa shape index (κ2) is 5.44. The van der Waals surface area contributed by atoms with Crippen molar-refractivity contribution in [3.63, 3.8) is 0 Å². The fraction of sp³-hybridized carbons (Fsp3) is 0.429. The van der Waals surface area contributed by atoms with Gasteiger partial charge < -0.3 is 14.6 Å². The lowest BCUT2D eigenvalue weighted by atomic mass is 9.86. The number of phenolic OH excluding ortho intramolecular Hbond substituents is 1. The van der Waals surface area contributed by atoms with Crippen molar-refractivity contribution in [1.82, 2.24) is 0 Å². The molecule has 3 heteroatoms. The largest absolute Gasteiger partial charge is 0.508 e. The molecule has 0 fully saturated rings. The van der Waals surface area contributed by atoms with Gasteiger partial charge in [-0.05, 0) is 68.9 Å². The average molecular weight is 324 g/mol. The van der Waals surface area contributed by atoms with Crippen molar-refractivity contribution < 1.29 is 14.6 Å². The van der Waals surface area contributed by atoms with Gasteiger partial charge in [-0.1, -0.05) is 18.2 Å². The van der Waals surface area contributed by atoms with Gasteiger partial charge in [0.1, 0.15) is 22.8 Å². The Morgan fingerprint density at radius 1 is 1.17 bits per heavy atom. The smallest absolute Gasteiger partial charge is 0.129 e. The summed E-state index contributed by atoms with van der Waals surface area (Å²) in [6.45, 7) is 6.89. The quantitative estimate of drug-likeness (QED) is 0.838. The summed E-state index contributed by atoms with van der Waals surface area (Å²) in [6.07, 6.45) is 2.99. The summed E-state index contributed by atoms with van der Waals surface area (Å²) in [7, 11) is 0. The highest BCUT2D eigenvalue weighted by molar-refractivity contribution is 5.53. The monoisotopic (exact) mass is 324 g/mol. The van der Waals surface area contributed by atoms with Crippen LogP contribution in [0, 0.1) is 6.92 Å². The molecule has 2 heterocycles. The van der Waals surface area contributed by atoms with Crippen LogP contribution in [0.3, 0.4) is 0 Å². The Kier molecular flexibility index (Phi) is 3.48. The summed E-state index contributed by atoms with van der Waals surface area (Å²) in [5, 5.41) is 9.73. The molecule has 126 valence electrons. The van der Waals surface area contributed by atoms with Gasteiger partial charge in [0.25, 0.3) is 0 Å². The predicted octanol–water partition coefficient (Wildman–Crippen LogP) is 4.52. The highest BCUT2D eigenvalue weighted by Gasteiger charge is 2.32. The summed E-state index contributed by atoms with van der Waals surface area (Å²) in [6, 6.07) is 10.1. The average Bonchev–Trinajstić information content (AvgIpc) is 2.55. The highest BCUT2D eigenvalue weighted by Crippen LogP contribution is 2.44. The molecule has 2 aliphatic rings. The van der Waals surface area contributed by atoms with Crippen LogP contribution in [0.15, 0.2) is 30.3 Å². The van der Waals surface area contributed by atoms with E-state index in [0.717, 1.165) is 36.3 Å². The summed E-state index contributed by atoms with van der Waals surface area (Å²) < 4.78 is 12.3. The van der Waals surface area contributed by atoms with Crippen molar-refractivity contribution in [2.75, 3.05) is 6.61 Å². The van der Waals surface area contributed by atoms with E-state index in [-0.39, 0.29) is 5.60 Å². The predicted molar refractivity (Wildman–Crippen MR) is 94.3 cm³/mol. The van der Waals surface area contributed by atoms with E-state index in [2.05, 4.69) is 32.0 Å². The minimum absolute atomic E-state index is 0.0952. The van der Waals surface area contributed by atoms with E-state index in [1.165, 1.54) is 16.7 Å². The van der Waals surface area contributed by atoms with Gasteiger partial charge in [0.15, 0.2) is 0 Å². The van der Waals surface area contributed by atoms with Crippen LogP contribution in [0.1, 0.15) is 48.4 Å². The van der Waals surface area contributed by atoms with Crippen LogP contribution < -0.4 is 9.47 Å². The van der Waals surface area contributed by atoms with Gasteiger partial charge >= 0.3 is 0 Å². The highest BCUT2D eigenvalue weighted by atomic mass is 16.5. The number of aromatic hydroxyl groups is 1. The second-order valence-corrected chi connectivity index (χ2v) is 7.65. The SMILES string of the molecule is Cc1cc(C2COc3c(ccc4c3CCC(C)(C)O4)C2)ccc1O. The van der Waals surface area contributed by atoms with Crippen LogP contribution in [-0.2, 0) is 12.8 Å². The summed E-state index contributed by atoms with van der Waals surface area (Å²) in [4.78, 5) is 0. The molecule has 1 unspecified atom stereocenters. The third-order valence-corrected chi connectivity index (χ3v) is 5.25. The molecular weight excluding hydrogens is 300 g/mol. The van der Waals surface area contributed by atoms with E-state index >= 15 is 0 Å². The molecule has 1 atom stereocenters. The summed E-state index contributed by atoms with van der Waals surface area (Å²) in [5.74, 6) is 2.69. The van der Waals surface area contributed by atoms with Gasteiger partial charge in [0, 0.05) is 11.5 Å². The number of benzene rings is 2. The van der Waals surface area contributed by atoms with Crippen molar-refractivity contribution in [2.45, 2.75) is 51.6 Å². The molecule has 3 nitrogen and oxygen atoms in total. The van der Waals surface area contributed by atoms with Crippen molar-refractivity contribution >= 4 is 0 Å². The molecule has 2 aromatic rings. The minimum Gasteiger partial charge on any atom is -0.508 e. The van der Waals surface area contributed by atoms with Crippen LogP contribution >= 0.6 is 0 Å². The van der Waals surface area contributed by atoms with E-state index < -0.39 is 0 Å². The number of hydrogen-bond acceptors (Lipinski definition) is 3. The molecule has 0 spiro atoms. The lowest BCUT2D eigenvalue weighted by Gasteiger charge is -2.35. The Balaban J connectivity index is 1.63. The molecule has 0 radical (unpaired) electrons. The zero-order chi connectivity index (χ0) is 16.9. The van der Waals surface area contributed by atoms with Gasteiger partial charge in [-0.25, -0.2) is 0 Å². The number of hydrogen-bond donors (Lipinski definition) is 1. The maximum absolute atomic E-state index is 9.73. The molecule has 0 bridgehead atoms. The van der Waals surface area contributed by atoms with Gasteiger partial charge in [0.05, 0.1) is 6.61 Å².